The number of hydrogen-bond donors (Lipinski definition) is 1. The number of carbonyl (C=O) groups excluding carboxylic acids is 1. The lowest BCUT2D eigenvalue weighted by Crippen LogP contribution is -2.27. The van der Waals surface area contributed by atoms with Crippen LogP contribution in [0.2, 0.25) is 0 Å². The van der Waals surface area contributed by atoms with Crippen LogP contribution in [0.5, 0.6) is 0 Å². The van der Waals surface area contributed by atoms with Crippen molar-refractivity contribution in [2.24, 2.45) is 0 Å². The van der Waals surface area contributed by atoms with Gasteiger partial charge in [-0.15, -0.1) is 10.2 Å². The van der Waals surface area contributed by atoms with E-state index in [0.29, 0.717) is 31.2 Å². The summed E-state index contributed by atoms with van der Waals surface area (Å²) in [6.07, 6.45) is 4.62. The summed E-state index contributed by atoms with van der Waals surface area (Å²) in [6, 6.07) is 10.3. The summed E-state index contributed by atoms with van der Waals surface area (Å²) in [5.74, 6) is 0.797. The third-order valence-electron chi connectivity index (χ3n) is 5.42. The van der Waals surface area contributed by atoms with Crippen LogP contribution in [0, 0.1) is 5.82 Å². The van der Waals surface area contributed by atoms with Crippen molar-refractivity contribution < 1.29 is 13.6 Å². The van der Waals surface area contributed by atoms with E-state index in [9.17, 15) is 9.18 Å². The number of rotatable bonds is 11. The van der Waals surface area contributed by atoms with Crippen molar-refractivity contribution in [3.63, 3.8) is 0 Å². The van der Waals surface area contributed by atoms with Gasteiger partial charge in [-0.2, -0.15) is 16.4 Å². The summed E-state index contributed by atoms with van der Waals surface area (Å²) in [6.45, 7) is 0.715. The van der Waals surface area contributed by atoms with Crippen LogP contribution in [-0.2, 0) is 17.6 Å². The van der Waals surface area contributed by atoms with E-state index in [4.69, 9.17) is 4.42 Å². The summed E-state index contributed by atoms with van der Waals surface area (Å²) in [5.41, 5.74) is 3.67. The van der Waals surface area contributed by atoms with Gasteiger partial charge in [-0.3, -0.25) is 9.89 Å². The first-order valence-corrected chi connectivity index (χ1v) is 11.9. The summed E-state index contributed by atoms with van der Waals surface area (Å²) in [5, 5.41) is 19.3. The molecule has 0 saturated heterocycles. The van der Waals surface area contributed by atoms with Gasteiger partial charge in [0.15, 0.2) is 0 Å². The predicted octanol–water partition coefficient (Wildman–Crippen LogP) is 5.13. The number of amides is 1. The molecule has 0 unspecified atom stereocenters. The van der Waals surface area contributed by atoms with Crippen LogP contribution >= 0.6 is 11.3 Å². The minimum Gasteiger partial charge on any atom is -0.421 e. The van der Waals surface area contributed by atoms with E-state index in [1.165, 1.54) is 12.1 Å². The monoisotopic (exact) mass is 467 g/mol. The molecule has 0 spiro atoms. The van der Waals surface area contributed by atoms with Gasteiger partial charge >= 0.3 is 0 Å². The average Bonchev–Trinajstić information content (AvgIpc) is 3.59. The van der Waals surface area contributed by atoms with Crippen molar-refractivity contribution in [2.75, 3.05) is 13.6 Å². The molecule has 172 valence electrons. The predicted molar refractivity (Wildman–Crippen MR) is 125 cm³/mol. The molecule has 4 rings (SSSR count). The third-order valence-corrected chi connectivity index (χ3v) is 6.11. The summed E-state index contributed by atoms with van der Waals surface area (Å²) >= 11 is 1.57. The second kappa shape index (κ2) is 11.0. The Balaban J connectivity index is 1.12. The number of halogens is 1. The SMILES string of the molecule is CN(CCCCCc1cc(-c2ccc(F)cc2)n[nH]1)C(=O)CCc1nnc(-c2ccsc2)o1. The lowest BCUT2D eigenvalue weighted by atomic mass is 10.1. The largest absolute Gasteiger partial charge is 0.421 e. The lowest BCUT2D eigenvalue weighted by molar-refractivity contribution is -0.130. The van der Waals surface area contributed by atoms with Crippen LogP contribution in [0.25, 0.3) is 22.7 Å². The zero-order chi connectivity index (χ0) is 23.0. The molecule has 0 atom stereocenters. The number of benzene rings is 1. The van der Waals surface area contributed by atoms with Gasteiger partial charge in [0.05, 0.1) is 5.69 Å². The minimum absolute atomic E-state index is 0.0720. The number of hydrogen-bond acceptors (Lipinski definition) is 6. The molecule has 0 aliphatic rings. The molecule has 7 nitrogen and oxygen atoms in total. The van der Waals surface area contributed by atoms with E-state index in [0.717, 1.165) is 48.2 Å². The van der Waals surface area contributed by atoms with Crippen LogP contribution < -0.4 is 0 Å². The summed E-state index contributed by atoms with van der Waals surface area (Å²) in [4.78, 5) is 14.2. The van der Waals surface area contributed by atoms with Crippen molar-refractivity contribution in [1.82, 2.24) is 25.3 Å². The Labute approximate surface area is 195 Å². The number of aromatic nitrogens is 4. The molecule has 1 N–H and O–H groups in total. The van der Waals surface area contributed by atoms with Crippen LogP contribution in [0.4, 0.5) is 4.39 Å². The molecule has 0 fully saturated rings. The molecular weight excluding hydrogens is 441 g/mol. The molecule has 9 heteroatoms. The van der Waals surface area contributed by atoms with Crippen molar-refractivity contribution in [3.05, 3.63) is 64.6 Å². The number of aromatic amines is 1. The Hall–Kier alpha value is -3.33. The molecule has 0 aliphatic heterocycles. The quantitative estimate of drug-likeness (QED) is 0.309. The van der Waals surface area contributed by atoms with Gasteiger partial charge in [0, 0.05) is 48.6 Å². The minimum atomic E-state index is -0.254. The Kier molecular flexibility index (Phi) is 7.62. The number of unbranched alkanes of at least 4 members (excludes halogenated alkanes) is 2. The highest BCUT2D eigenvalue weighted by Gasteiger charge is 2.13. The zero-order valence-electron chi connectivity index (χ0n) is 18.5. The fraction of sp³-hybridized carbons (Fsp3) is 0.333. The van der Waals surface area contributed by atoms with E-state index in [1.807, 2.05) is 29.9 Å². The van der Waals surface area contributed by atoms with Crippen LogP contribution in [0.1, 0.15) is 37.3 Å². The molecule has 0 radical (unpaired) electrons. The Morgan fingerprint density at radius 3 is 2.73 bits per heavy atom. The van der Waals surface area contributed by atoms with Gasteiger partial charge in [0.2, 0.25) is 17.7 Å². The van der Waals surface area contributed by atoms with Gasteiger partial charge in [-0.1, -0.05) is 6.42 Å². The van der Waals surface area contributed by atoms with Gasteiger partial charge in [0.1, 0.15) is 5.82 Å². The van der Waals surface area contributed by atoms with Gasteiger partial charge in [0.25, 0.3) is 0 Å². The van der Waals surface area contributed by atoms with Crippen molar-refractivity contribution in [2.45, 2.75) is 38.5 Å². The first-order valence-electron chi connectivity index (χ1n) is 11.0. The molecule has 3 aromatic heterocycles. The third kappa shape index (κ3) is 6.35. The van der Waals surface area contributed by atoms with Gasteiger partial charge < -0.3 is 9.32 Å². The maximum absolute atomic E-state index is 13.1. The van der Waals surface area contributed by atoms with Crippen LogP contribution in [-0.4, -0.2) is 44.8 Å². The van der Waals surface area contributed by atoms with Crippen LogP contribution in [0.15, 0.2) is 51.6 Å². The molecule has 33 heavy (non-hydrogen) atoms. The topological polar surface area (TPSA) is 87.9 Å². The normalized spacial score (nSPS) is 11.1. The number of nitrogens with one attached hydrogen (secondary N) is 1. The lowest BCUT2D eigenvalue weighted by Gasteiger charge is -2.16. The molecule has 0 aliphatic carbocycles. The van der Waals surface area contributed by atoms with E-state index >= 15 is 0 Å². The number of thiophene rings is 1. The molecule has 4 aromatic rings. The van der Waals surface area contributed by atoms with Crippen molar-refractivity contribution in [3.8, 4) is 22.7 Å². The summed E-state index contributed by atoms with van der Waals surface area (Å²) in [7, 11) is 1.83. The molecule has 0 bridgehead atoms. The highest BCUT2D eigenvalue weighted by molar-refractivity contribution is 7.08. The van der Waals surface area contributed by atoms with E-state index < -0.39 is 0 Å². The summed E-state index contributed by atoms with van der Waals surface area (Å²) < 4.78 is 18.7. The number of carbonyl (C=O) groups is 1. The fourth-order valence-electron chi connectivity index (χ4n) is 3.49. The fourth-order valence-corrected chi connectivity index (χ4v) is 4.12. The highest BCUT2D eigenvalue weighted by atomic mass is 32.1. The van der Waals surface area contributed by atoms with E-state index in [1.54, 1.807) is 28.4 Å². The molecule has 3 heterocycles. The van der Waals surface area contributed by atoms with E-state index in [-0.39, 0.29) is 11.7 Å². The highest BCUT2D eigenvalue weighted by Crippen LogP contribution is 2.21. The second-order valence-corrected chi connectivity index (χ2v) is 8.70. The Morgan fingerprint density at radius 1 is 1.09 bits per heavy atom. The smallest absolute Gasteiger partial charge is 0.248 e. The van der Waals surface area contributed by atoms with Crippen molar-refractivity contribution >= 4 is 17.2 Å². The second-order valence-electron chi connectivity index (χ2n) is 7.92. The average molecular weight is 468 g/mol. The molecular formula is C24H26FN5O2S. The zero-order valence-corrected chi connectivity index (χ0v) is 19.3. The first-order chi connectivity index (χ1) is 16.1. The molecule has 0 saturated carbocycles. The maximum atomic E-state index is 13.1. The van der Waals surface area contributed by atoms with Gasteiger partial charge in [-0.25, -0.2) is 4.39 Å². The Morgan fingerprint density at radius 2 is 1.94 bits per heavy atom. The first kappa shape index (κ1) is 22.8. The number of aryl methyl sites for hydroxylation is 2. The molecule has 1 amide bonds. The Bertz CT molecular complexity index is 1150. The van der Waals surface area contributed by atoms with E-state index in [2.05, 4.69) is 20.4 Å². The maximum Gasteiger partial charge on any atom is 0.248 e. The molecule has 1 aromatic carbocycles. The van der Waals surface area contributed by atoms with Gasteiger partial charge in [-0.05, 0) is 61.0 Å². The van der Waals surface area contributed by atoms with Crippen molar-refractivity contribution in [1.29, 1.82) is 0 Å². The number of nitrogens with zero attached hydrogens (tertiary/aromatic N) is 4. The van der Waals surface area contributed by atoms with Crippen LogP contribution in [0.3, 0.4) is 0 Å². The number of H-pyrrole nitrogens is 1. The standard InChI is InChI=1S/C24H26FN5O2S/c1-30(23(31)11-10-22-28-29-24(32-22)18-12-14-33-16-18)13-4-2-3-5-20-15-21(27-26-20)17-6-8-19(25)9-7-17/h6-9,12,14-16H,2-5,10-11,13H2,1H3,(H,26,27).